The van der Waals surface area contributed by atoms with Gasteiger partial charge in [-0.2, -0.15) is 0 Å². The third-order valence-corrected chi connectivity index (χ3v) is 6.49. The predicted octanol–water partition coefficient (Wildman–Crippen LogP) is 4.89. The molecule has 1 aromatic carbocycles. The maximum atomic E-state index is 12.7. The van der Waals surface area contributed by atoms with Crippen molar-refractivity contribution in [3.63, 3.8) is 0 Å². The van der Waals surface area contributed by atoms with Gasteiger partial charge in [-0.25, -0.2) is 0 Å². The maximum Gasteiger partial charge on any atom is 0.160 e. The highest BCUT2D eigenvalue weighted by Crippen LogP contribution is 2.48. The zero-order chi connectivity index (χ0) is 17.0. The number of carbonyl (C=O) groups excluding carboxylic acids is 1. The van der Waals surface area contributed by atoms with E-state index in [1.807, 2.05) is 0 Å². The molecule has 0 bridgehead atoms. The van der Waals surface area contributed by atoms with Crippen molar-refractivity contribution in [1.29, 1.82) is 0 Å². The Hall–Kier alpha value is -2.03. The number of carbonyl (C=O) groups is 1. The highest BCUT2D eigenvalue weighted by Gasteiger charge is 2.42. The topological polar surface area (TPSA) is 36.1 Å². The van der Waals surface area contributed by atoms with Crippen LogP contribution >= 0.6 is 0 Å². The SMILES string of the molecule is CCC[C@@H]1C[C@H]2c3[nH]c4ccccc4c3CCN2C2=C1C(=O)CCC2. The molecule has 2 aromatic rings. The van der Waals surface area contributed by atoms with Crippen LogP contribution in [0.5, 0.6) is 0 Å². The van der Waals surface area contributed by atoms with Crippen molar-refractivity contribution in [2.75, 3.05) is 6.54 Å². The zero-order valence-electron chi connectivity index (χ0n) is 15.0. The Morgan fingerprint density at radius 1 is 1.20 bits per heavy atom. The number of nitrogens with one attached hydrogen (secondary N) is 1. The van der Waals surface area contributed by atoms with Crippen LogP contribution in [-0.4, -0.2) is 22.2 Å². The van der Waals surface area contributed by atoms with Crippen molar-refractivity contribution < 1.29 is 4.79 Å². The van der Waals surface area contributed by atoms with Crippen molar-refractivity contribution in [1.82, 2.24) is 9.88 Å². The van der Waals surface area contributed by atoms with E-state index in [4.69, 9.17) is 0 Å². The summed E-state index contributed by atoms with van der Waals surface area (Å²) in [5.74, 6) is 0.881. The lowest BCUT2D eigenvalue weighted by Gasteiger charge is -2.47. The van der Waals surface area contributed by atoms with Crippen LogP contribution < -0.4 is 0 Å². The van der Waals surface area contributed by atoms with Gasteiger partial charge in [0.2, 0.25) is 0 Å². The Bertz CT molecular complexity index is 875. The molecule has 25 heavy (non-hydrogen) atoms. The number of aromatic nitrogens is 1. The van der Waals surface area contributed by atoms with E-state index in [2.05, 4.69) is 41.1 Å². The molecule has 0 saturated carbocycles. The number of nitrogens with zero attached hydrogens (tertiary/aromatic N) is 1. The number of rotatable bonds is 2. The summed E-state index contributed by atoms with van der Waals surface area (Å²) in [5, 5.41) is 1.39. The molecule has 1 aromatic heterocycles. The summed E-state index contributed by atoms with van der Waals surface area (Å²) in [4.78, 5) is 19.0. The molecule has 5 rings (SSSR count). The minimum atomic E-state index is 0.428. The van der Waals surface area contributed by atoms with Gasteiger partial charge in [-0.1, -0.05) is 31.5 Å². The first-order valence-corrected chi connectivity index (χ1v) is 9.90. The molecule has 1 N–H and O–H groups in total. The highest BCUT2D eigenvalue weighted by atomic mass is 16.1. The molecule has 3 heteroatoms. The molecule has 0 spiro atoms. The lowest BCUT2D eigenvalue weighted by atomic mass is 9.74. The van der Waals surface area contributed by atoms with E-state index in [1.165, 1.54) is 33.4 Å². The molecule has 0 amide bonds. The Labute approximate surface area is 149 Å². The quantitative estimate of drug-likeness (QED) is 0.848. The Kier molecular flexibility index (Phi) is 3.51. The van der Waals surface area contributed by atoms with Gasteiger partial charge in [0.05, 0.1) is 6.04 Å². The molecule has 0 saturated heterocycles. The van der Waals surface area contributed by atoms with Crippen molar-refractivity contribution in [2.45, 2.75) is 57.9 Å². The van der Waals surface area contributed by atoms with Gasteiger partial charge in [0.25, 0.3) is 0 Å². The molecule has 2 aliphatic heterocycles. The number of aromatic amines is 1. The van der Waals surface area contributed by atoms with Crippen LogP contribution in [0.4, 0.5) is 0 Å². The fourth-order valence-electron chi connectivity index (χ4n) is 5.49. The van der Waals surface area contributed by atoms with Crippen LogP contribution in [0.15, 0.2) is 35.5 Å². The van der Waals surface area contributed by atoms with Crippen LogP contribution in [0.3, 0.4) is 0 Å². The fraction of sp³-hybridized carbons (Fsp3) is 0.500. The van der Waals surface area contributed by atoms with Crippen LogP contribution in [0.2, 0.25) is 0 Å². The van der Waals surface area contributed by atoms with Gasteiger partial charge < -0.3 is 9.88 Å². The number of para-hydroxylation sites is 1. The first-order valence-electron chi connectivity index (χ1n) is 9.90. The minimum absolute atomic E-state index is 0.428. The van der Waals surface area contributed by atoms with Crippen molar-refractivity contribution in [3.8, 4) is 0 Å². The second-order valence-corrected chi connectivity index (χ2v) is 7.88. The van der Waals surface area contributed by atoms with E-state index in [0.717, 1.165) is 51.5 Å². The van der Waals surface area contributed by atoms with Gasteiger partial charge in [0, 0.05) is 40.8 Å². The molecule has 0 unspecified atom stereocenters. The lowest BCUT2D eigenvalue weighted by molar-refractivity contribution is -0.117. The van der Waals surface area contributed by atoms with Crippen LogP contribution in [-0.2, 0) is 11.2 Å². The van der Waals surface area contributed by atoms with Gasteiger partial charge in [0.1, 0.15) is 0 Å². The molecule has 2 atom stereocenters. The standard InChI is InChI=1S/C22H26N2O/c1-2-6-14-13-19-22-16(15-7-3-4-8-17(15)23-22)11-12-24(19)18-9-5-10-20(25)21(14)18/h3-4,7-8,14,19,23H,2,5-6,9-13H2,1H3/t14-,19+/m1/s1. The van der Waals surface area contributed by atoms with E-state index in [0.29, 0.717) is 17.7 Å². The summed E-state index contributed by atoms with van der Waals surface area (Å²) < 4.78 is 0. The number of Topliss-reactive ketones (excluding diaryl/α,β-unsaturated/α-hetero) is 1. The lowest BCUT2D eigenvalue weighted by Crippen LogP contribution is -2.43. The van der Waals surface area contributed by atoms with Gasteiger partial charge in [-0.3, -0.25) is 4.79 Å². The summed E-state index contributed by atoms with van der Waals surface area (Å²) in [6.07, 6.45) is 7.35. The van der Waals surface area contributed by atoms with E-state index in [-0.39, 0.29) is 0 Å². The number of hydrogen-bond donors (Lipinski definition) is 1. The summed E-state index contributed by atoms with van der Waals surface area (Å²) >= 11 is 0. The molecule has 3 heterocycles. The summed E-state index contributed by atoms with van der Waals surface area (Å²) in [6.45, 7) is 3.31. The van der Waals surface area contributed by atoms with E-state index in [9.17, 15) is 4.79 Å². The van der Waals surface area contributed by atoms with Crippen LogP contribution in [0, 0.1) is 5.92 Å². The summed E-state index contributed by atoms with van der Waals surface area (Å²) in [6, 6.07) is 9.13. The Balaban J connectivity index is 1.64. The Morgan fingerprint density at radius 2 is 2.08 bits per heavy atom. The number of ketones is 1. The first-order chi connectivity index (χ1) is 12.3. The fourth-order valence-corrected chi connectivity index (χ4v) is 5.49. The summed E-state index contributed by atoms with van der Waals surface area (Å²) in [7, 11) is 0. The molecular formula is C22H26N2O. The molecule has 1 aliphatic carbocycles. The monoisotopic (exact) mass is 334 g/mol. The zero-order valence-corrected chi connectivity index (χ0v) is 15.0. The highest BCUT2D eigenvalue weighted by molar-refractivity contribution is 5.97. The number of benzene rings is 1. The number of H-pyrrole nitrogens is 1. The van der Waals surface area contributed by atoms with Gasteiger partial charge in [-0.15, -0.1) is 0 Å². The number of allylic oxidation sites excluding steroid dienone is 2. The second-order valence-electron chi connectivity index (χ2n) is 7.88. The maximum absolute atomic E-state index is 12.7. The van der Waals surface area contributed by atoms with E-state index < -0.39 is 0 Å². The van der Waals surface area contributed by atoms with Gasteiger partial charge in [-0.05, 0) is 49.7 Å². The summed E-state index contributed by atoms with van der Waals surface area (Å²) in [5.41, 5.74) is 6.77. The number of hydrogen-bond acceptors (Lipinski definition) is 2. The van der Waals surface area contributed by atoms with Crippen molar-refractivity contribution >= 4 is 16.7 Å². The van der Waals surface area contributed by atoms with Crippen LogP contribution in [0.1, 0.15) is 62.7 Å². The molecule has 3 nitrogen and oxygen atoms in total. The first kappa shape index (κ1) is 15.2. The second kappa shape index (κ2) is 5.76. The molecule has 130 valence electrons. The normalized spacial score (nSPS) is 25.8. The van der Waals surface area contributed by atoms with Gasteiger partial charge in [0.15, 0.2) is 5.78 Å². The third kappa shape index (κ3) is 2.21. The molecular weight excluding hydrogens is 308 g/mol. The van der Waals surface area contributed by atoms with Crippen molar-refractivity contribution in [3.05, 3.63) is 46.8 Å². The van der Waals surface area contributed by atoms with Gasteiger partial charge >= 0.3 is 0 Å². The minimum Gasteiger partial charge on any atom is -0.366 e. The van der Waals surface area contributed by atoms with E-state index in [1.54, 1.807) is 0 Å². The van der Waals surface area contributed by atoms with Crippen molar-refractivity contribution in [2.24, 2.45) is 5.92 Å². The third-order valence-electron chi connectivity index (χ3n) is 6.49. The number of fused-ring (bicyclic) bond motifs is 6. The predicted molar refractivity (Wildman–Crippen MR) is 100 cm³/mol. The molecule has 0 radical (unpaired) electrons. The average molecular weight is 334 g/mol. The van der Waals surface area contributed by atoms with E-state index >= 15 is 0 Å². The molecule has 0 fully saturated rings. The smallest absolute Gasteiger partial charge is 0.160 e. The largest absolute Gasteiger partial charge is 0.366 e. The van der Waals surface area contributed by atoms with Crippen LogP contribution in [0.25, 0.3) is 10.9 Å². The average Bonchev–Trinajstić information content (AvgIpc) is 3.01. The molecule has 3 aliphatic rings. The Morgan fingerprint density at radius 3 is 2.96 bits per heavy atom.